The fourth-order valence-electron chi connectivity index (χ4n) is 4.14. The van der Waals surface area contributed by atoms with Gasteiger partial charge in [0.1, 0.15) is 5.65 Å². The summed E-state index contributed by atoms with van der Waals surface area (Å²) in [6.07, 6.45) is 6.12. The van der Waals surface area contributed by atoms with Crippen molar-refractivity contribution in [3.05, 3.63) is 54.5 Å². The van der Waals surface area contributed by atoms with E-state index in [1.54, 1.807) is 19.3 Å². The normalized spacial score (nSPS) is 13.8. The first kappa shape index (κ1) is 18.7. The summed E-state index contributed by atoms with van der Waals surface area (Å²) >= 11 is 0. The maximum atomic E-state index is 13.0. The van der Waals surface area contributed by atoms with Gasteiger partial charge in [-0.25, -0.2) is 4.98 Å². The van der Waals surface area contributed by atoms with E-state index in [1.165, 1.54) is 28.2 Å². The lowest BCUT2D eigenvalue weighted by molar-refractivity contribution is 0.582. The highest BCUT2D eigenvalue weighted by Crippen LogP contribution is 2.38. The van der Waals surface area contributed by atoms with Gasteiger partial charge in [-0.15, -0.1) is 0 Å². The highest BCUT2D eigenvalue weighted by molar-refractivity contribution is 7.92. The molecule has 0 aliphatic carbocycles. The van der Waals surface area contributed by atoms with Crippen LogP contribution in [0.3, 0.4) is 0 Å². The molecule has 1 aliphatic heterocycles. The van der Waals surface area contributed by atoms with Gasteiger partial charge >= 0.3 is 0 Å². The Morgan fingerprint density at radius 3 is 2.67 bits per heavy atom. The Labute approximate surface area is 174 Å². The van der Waals surface area contributed by atoms with Crippen LogP contribution in [0.5, 0.6) is 0 Å². The first-order chi connectivity index (χ1) is 14.3. The van der Waals surface area contributed by atoms with E-state index in [9.17, 15) is 8.42 Å². The van der Waals surface area contributed by atoms with Crippen LogP contribution in [0.4, 0.5) is 11.4 Å². The van der Waals surface area contributed by atoms with Crippen LogP contribution in [0.1, 0.15) is 5.56 Å². The molecule has 0 saturated carbocycles. The SMILES string of the molecule is CN1CCc2ccc(-c3cn(C)c4nccc(NS(=O)(=O)c5ccnn5C)c34)cc21. The first-order valence-electron chi connectivity index (χ1n) is 9.64. The van der Waals surface area contributed by atoms with Crippen molar-refractivity contribution in [3.63, 3.8) is 0 Å². The zero-order valence-electron chi connectivity index (χ0n) is 17.0. The second kappa shape index (κ2) is 6.60. The van der Waals surface area contributed by atoms with Crippen LogP contribution in [0.15, 0.2) is 53.9 Å². The highest BCUT2D eigenvalue weighted by atomic mass is 32.2. The number of sulfonamides is 1. The number of anilines is 2. The van der Waals surface area contributed by atoms with Gasteiger partial charge in [-0.2, -0.15) is 13.5 Å². The number of likely N-dealkylation sites (N-methyl/N-ethyl adjacent to an activating group) is 1. The van der Waals surface area contributed by atoms with Gasteiger partial charge in [0.25, 0.3) is 10.0 Å². The van der Waals surface area contributed by atoms with Crippen molar-refractivity contribution in [2.24, 2.45) is 14.1 Å². The van der Waals surface area contributed by atoms with Crippen molar-refractivity contribution in [2.75, 3.05) is 23.2 Å². The number of nitrogens with one attached hydrogen (secondary N) is 1. The van der Waals surface area contributed by atoms with Gasteiger partial charge < -0.3 is 9.47 Å². The van der Waals surface area contributed by atoms with Crippen LogP contribution >= 0.6 is 0 Å². The van der Waals surface area contributed by atoms with Crippen molar-refractivity contribution in [1.29, 1.82) is 0 Å². The van der Waals surface area contributed by atoms with Gasteiger partial charge in [0.15, 0.2) is 5.03 Å². The quantitative estimate of drug-likeness (QED) is 0.547. The monoisotopic (exact) mass is 422 g/mol. The molecule has 0 spiro atoms. The fourth-order valence-corrected chi connectivity index (χ4v) is 5.34. The summed E-state index contributed by atoms with van der Waals surface area (Å²) in [6, 6.07) is 9.59. The predicted octanol–water partition coefficient (Wildman–Crippen LogP) is 2.77. The maximum absolute atomic E-state index is 13.0. The van der Waals surface area contributed by atoms with Gasteiger partial charge in [0.2, 0.25) is 0 Å². The molecule has 0 atom stereocenters. The van der Waals surface area contributed by atoms with Gasteiger partial charge in [0, 0.05) is 51.3 Å². The van der Waals surface area contributed by atoms with Crippen LogP contribution in [-0.2, 0) is 30.5 Å². The Kier molecular flexibility index (Phi) is 4.11. The number of hydrogen-bond acceptors (Lipinski definition) is 5. The summed E-state index contributed by atoms with van der Waals surface area (Å²) in [6.45, 7) is 1.01. The summed E-state index contributed by atoms with van der Waals surface area (Å²) in [5, 5.41) is 4.84. The lowest BCUT2D eigenvalue weighted by Gasteiger charge is -2.14. The van der Waals surface area contributed by atoms with Crippen molar-refractivity contribution >= 4 is 32.4 Å². The van der Waals surface area contributed by atoms with Crippen LogP contribution < -0.4 is 9.62 Å². The molecular formula is C21H22N6O2S. The average Bonchev–Trinajstić information content (AvgIpc) is 3.40. The molecule has 0 fully saturated rings. The molecule has 1 aromatic carbocycles. The summed E-state index contributed by atoms with van der Waals surface area (Å²) in [4.78, 5) is 6.73. The number of rotatable bonds is 4. The van der Waals surface area contributed by atoms with Gasteiger partial charge in [-0.1, -0.05) is 12.1 Å². The van der Waals surface area contributed by atoms with Gasteiger partial charge in [-0.3, -0.25) is 9.40 Å². The van der Waals surface area contributed by atoms with Gasteiger partial charge in [0.05, 0.1) is 17.3 Å². The molecule has 0 bridgehead atoms. The minimum Gasteiger partial charge on any atom is -0.374 e. The van der Waals surface area contributed by atoms with E-state index in [-0.39, 0.29) is 5.03 Å². The number of aryl methyl sites for hydroxylation is 2. The summed E-state index contributed by atoms with van der Waals surface area (Å²) in [5.41, 5.74) is 5.71. The van der Waals surface area contributed by atoms with Gasteiger partial charge in [-0.05, 0) is 35.7 Å². The molecule has 1 aliphatic rings. The maximum Gasteiger partial charge on any atom is 0.279 e. The van der Waals surface area contributed by atoms with E-state index in [0.717, 1.165) is 29.5 Å². The minimum atomic E-state index is -3.79. The van der Waals surface area contributed by atoms with Crippen LogP contribution in [0.25, 0.3) is 22.2 Å². The lowest BCUT2D eigenvalue weighted by Crippen LogP contribution is -2.17. The predicted molar refractivity (Wildman–Crippen MR) is 117 cm³/mol. The topological polar surface area (TPSA) is 85.1 Å². The number of benzene rings is 1. The Morgan fingerprint density at radius 2 is 1.90 bits per heavy atom. The van der Waals surface area contributed by atoms with E-state index >= 15 is 0 Å². The fraction of sp³-hybridized carbons (Fsp3) is 0.238. The molecular weight excluding hydrogens is 400 g/mol. The standard InChI is InChI=1S/C21H22N6O2S/c1-25-11-8-14-4-5-15(12-18(14)25)16-13-26(2)21-20(16)17(6-9-22-21)24-30(28,29)19-7-10-23-27(19)3/h4-7,9-10,12-13H,8,11H2,1-3H3,(H,22,24). The number of hydrogen-bond donors (Lipinski definition) is 1. The zero-order chi connectivity index (χ0) is 21.0. The Balaban J connectivity index is 1.67. The number of pyridine rings is 1. The summed E-state index contributed by atoms with van der Waals surface area (Å²) < 4.78 is 31.9. The first-order valence-corrected chi connectivity index (χ1v) is 11.1. The molecule has 9 heteroatoms. The molecule has 0 amide bonds. The van der Waals surface area contributed by atoms with Crippen LogP contribution in [0, 0.1) is 0 Å². The number of aromatic nitrogens is 4. The second-order valence-electron chi connectivity index (χ2n) is 7.62. The average molecular weight is 423 g/mol. The van der Waals surface area contributed by atoms with Crippen molar-refractivity contribution < 1.29 is 8.42 Å². The van der Waals surface area contributed by atoms with E-state index in [2.05, 4.69) is 45.0 Å². The molecule has 4 aromatic rings. The molecule has 4 heterocycles. The highest BCUT2D eigenvalue weighted by Gasteiger charge is 2.23. The zero-order valence-corrected chi connectivity index (χ0v) is 17.8. The van der Waals surface area contributed by atoms with Crippen LogP contribution in [0.2, 0.25) is 0 Å². The third-order valence-electron chi connectivity index (χ3n) is 5.68. The number of nitrogens with zero attached hydrogens (tertiary/aromatic N) is 5. The Bertz CT molecular complexity index is 1390. The van der Waals surface area contributed by atoms with Crippen molar-refractivity contribution in [2.45, 2.75) is 11.4 Å². The van der Waals surface area contributed by atoms with Crippen molar-refractivity contribution in [3.8, 4) is 11.1 Å². The van der Waals surface area contributed by atoms with E-state index in [1.807, 2.05) is 17.8 Å². The molecule has 0 unspecified atom stereocenters. The second-order valence-corrected chi connectivity index (χ2v) is 9.25. The minimum absolute atomic E-state index is 0.101. The smallest absolute Gasteiger partial charge is 0.279 e. The third kappa shape index (κ3) is 2.85. The third-order valence-corrected chi connectivity index (χ3v) is 7.12. The molecule has 3 aromatic heterocycles. The molecule has 30 heavy (non-hydrogen) atoms. The molecule has 5 rings (SSSR count). The molecule has 1 N–H and O–H groups in total. The summed E-state index contributed by atoms with van der Waals surface area (Å²) in [5.74, 6) is 0. The molecule has 154 valence electrons. The Morgan fingerprint density at radius 1 is 1.07 bits per heavy atom. The van der Waals surface area contributed by atoms with E-state index in [4.69, 9.17) is 0 Å². The molecule has 8 nitrogen and oxygen atoms in total. The molecule has 0 radical (unpaired) electrons. The largest absolute Gasteiger partial charge is 0.374 e. The van der Waals surface area contributed by atoms with Crippen LogP contribution in [-0.4, -0.2) is 41.3 Å². The Hall–Kier alpha value is -3.33. The number of fused-ring (bicyclic) bond motifs is 2. The summed E-state index contributed by atoms with van der Waals surface area (Å²) in [7, 11) is 1.81. The van der Waals surface area contributed by atoms with E-state index in [0.29, 0.717) is 11.3 Å². The van der Waals surface area contributed by atoms with Crippen molar-refractivity contribution in [1.82, 2.24) is 19.3 Å². The molecule has 0 saturated heterocycles. The van der Waals surface area contributed by atoms with E-state index < -0.39 is 10.0 Å². The lowest BCUT2D eigenvalue weighted by atomic mass is 10.0.